The first-order chi connectivity index (χ1) is 14.1. The van der Waals surface area contributed by atoms with Gasteiger partial charge in [-0.3, -0.25) is 4.90 Å². The van der Waals surface area contributed by atoms with Gasteiger partial charge in [-0.25, -0.2) is 4.79 Å². The number of hydrogen-bond acceptors (Lipinski definition) is 4. The van der Waals surface area contributed by atoms with Crippen LogP contribution in [0.3, 0.4) is 0 Å². The van der Waals surface area contributed by atoms with Gasteiger partial charge in [-0.1, -0.05) is 30.3 Å². The van der Waals surface area contributed by atoms with E-state index in [1.807, 2.05) is 24.3 Å². The van der Waals surface area contributed by atoms with Gasteiger partial charge >= 0.3 is 12.6 Å². The third kappa shape index (κ3) is 5.57. The number of likely N-dealkylation sites (tertiary alicyclic amines) is 1. The number of carbonyl (C=O) groups excluding carboxylic acids is 1. The molecule has 1 unspecified atom stereocenters. The van der Waals surface area contributed by atoms with E-state index < -0.39 is 12.6 Å². The lowest BCUT2D eigenvalue weighted by Gasteiger charge is -2.29. The predicted octanol–water partition coefficient (Wildman–Crippen LogP) is 4.26. The summed E-state index contributed by atoms with van der Waals surface area (Å²) in [5.41, 5.74) is 1.18. The summed E-state index contributed by atoms with van der Waals surface area (Å²) in [6.45, 7) is -0.732. The molecule has 8 heteroatoms. The van der Waals surface area contributed by atoms with Crippen molar-refractivity contribution in [1.82, 2.24) is 10.2 Å². The number of carbonyl (C=O) groups is 1. The molecule has 29 heavy (non-hydrogen) atoms. The Balaban J connectivity index is 1.69. The van der Waals surface area contributed by atoms with Crippen LogP contribution in [0.5, 0.6) is 11.5 Å². The van der Waals surface area contributed by atoms with Gasteiger partial charge in [0.2, 0.25) is 0 Å². The number of ether oxygens (including phenoxy) is 2. The zero-order valence-corrected chi connectivity index (χ0v) is 16.2. The smallest absolute Gasteiger partial charge is 0.387 e. The summed E-state index contributed by atoms with van der Waals surface area (Å²) in [5.74, 6) is 0.681. The average Bonchev–Trinajstić information content (AvgIpc) is 3.24. The molecule has 0 spiro atoms. The Hall–Kier alpha value is -2.87. The zero-order valence-electron chi connectivity index (χ0n) is 16.2. The summed E-state index contributed by atoms with van der Waals surface area (Å²) in [7, 11) is 1.62. The quantitative estimate of drug-likeness (QED) is 0.689. The van der Waals surface area contributed by atoms with Crippen molar-refractivity contribution >= 4 is 11.7 Å². The Morgan fingerprint density at radius 2 is 1.72 bits per heavy atom. The van der Waals surface area contributed by atoms with E-state index in [0.29, 0.717) is 6.54 Å². The first kappa shape index (κ1) is 20.9. The van der Waals surface area contributed by atoms with E-state index in [2.05, 4.69) is 20.3 Å². The van der Waals surface area contributed by atoms with Crippen LogP contribution in [0.4, 0.5) is 19.3 Å². The van der Waals surface area contributed by atoms with Gasteiger partial charge in [0.15, 0.2) is 0 Å². The van der Waals surface area contributed by atoms with Crippen molar-refractivity contribution < 1.29 is 23.0 Å². The van der Waals surface area contributed by atoms with Crippen molar-refractivity contribution in [1.29, 1.82) is 0 Å². The monoisotopic (exact) mass is 405 g/mol. The number of urea groups is 1. The Morgan fingerprint density at radius 3 is 2.41 bits per heavy atom. The van der Waals surface area contributed by atoms with E-state index in [9.17, 15) is 13.6 Å². The average molecular weight is 405 g/mol. The fourth-order valence-electron chi connectivity index (χ4n) is 3.56. The molecule has 1 fully saturated rings. The topological polar surface area (TPSA) is 62.8 Å². The lowest BCUT2D eigenvalue weighted by Crippen LogP contribution is -2.38. The van der Waals surface area contributed by atoms with Gasteiger partial charge < -0.3 is 20.1 Å². The van der Waals surface area contributed by atoms with Crippen LogP contribution in [0.1, 0.15) is 24.4 Å². The van der Waals surface area contributed by atoms with Crippen LogP contribution in [0, 0.1) is 0 Å². The molecule has 0 radical (unpaired) electrons. The normalized spacial score (nSPS) is 15.2. The number of methoxy groups -OCH3 is 1. The Morgan fingerprint density at radius 1 is 1.07 bits per heavy atom. The Bertz CT molecular complexity index is 813. The van der Waals surface area contributed by atoms with Gasteiger partial charge in [-0.05, 0) is 44.1 Å². The van der Waals surface area contributed by atoms with Crippen LogP contribution >= 0.6 is 0 Å². The zero-order chi connectivity index (χ0) is 20.6. The molecule has 6 nitrogen and oxygen atoms in total. The fraction of sp³-hybridized carbons (Fsp3) is 0.381. The van der Waals surface area contributed by atoms with E-state index in [0.717, 1.165) is 37.2 Å². The Labute approximate surface area is 168 Å². The molecule has 1 aliphatic rings. The molecule has 1 heterocycles. The molecule has 0 aliphatic carbocycles. The molecule has 1 saturated heterocycles. The van der Waals surface area contributed by atoms with Crippen LogP contribution in [0.25, 0.3) is 0 Å². The number of para-hydroxylation sites is 3. The summed E-state index contributed by atoms with van der Waals surface area (Å²) in [4.78, 5) is 14.8. The maximum Gasteiger partial charge on any atom is 0.387 e. The number of halogens is 2. The van der Waals surface area contributed by atoms with Crippen molar-refractivity contribution in [2.24, 2.45) is 0 Å². The minimum atomic E-state index is -2.97. The third-order valence-corrected chi connectivity index (χ3v) is 4.89. The van der Waals surface area contributed by atoms with Crippen LogP contribution in [0.2, 0.25) is 0 Å². The summed E-state index contributed by atoms with van der Waals surface area (Å²) in [6, 6.07) is 13.3. The predicted molar refractivity (Wildman–Crippen MR) is 107 cm³/mol. The summed E-state index contributed by atoms with van der Waals surface area (Å²) in [6.07, 6.45) is 2.21. The molecule has 0 saturated carbocycles. The number of alkyl halides is 2. The highest BCUT2D eigenvalue weighted by Gasteiger charge is 2.26. The van der Waals surface area contributed by atoms with E-state index in [1.54, 1.807) is 19.2 Å². The van der Waals surface area contributed by atoms with Crippen molar-refractivity contribution in [3.05, 3.63) is 54.1 Å². The molecule has 2 N–H and O–H groups in total. The van der Waals surface area contributed by atoms with Crippen molar-refractivity contribution in [2.75, 3.05) is 32.1 Å². The van der Waals surface area contributed by atoms with E-state index in [-0.39, 0.29) is 17.5 Å². The first-order valence-corrected chi connectivity index (χ1v) is 9.54. The maximum absolute atomic E-state index is 12.6. The van der Waals surface area contributed by atoms with Crippen LogP contribution in [-0.4, -0.2) is 44.3 Å². The number of benzene rings is 2. The lowest BCUT2D eigenvalue weighted by atomic mass is 10.0. The minimum absolute atomic E-state index is 0.0491. The van der Waals surface area contributed by atoms with Crippen molar-refractivity contribution in [3.63, 3.8) is 0 Å². The molecule has 2 aromatic carbocycles. The molecule has 0 aromatic heterocycles. The van der Waals surface area contributed by atoms with Gasteiger partial charge in [0.05, 0.1) is 18.8 Å². The van der Waals surface area contributed by atoms with Crippen molar-refractivity contribution in [3.8, 4) is 11.5 Å². The van der Waals surface area contributed by atoms with Gasteiger partial charge in [0, 0.05) is 12.1 Å². The molecule has 2 amide bonds. The standard InChI is InChI=1S/C21H25F2N3O3/c1-28-18-10-4-2-8-15(18)17(26-12-6-7-13-26)14-24-21(27)25-16-9-3-5-11-19(16)29-20(22)23/h2-5,8-11,17,20H,6-7,12-14H2,1H3,(H2,24,25,27). The third-order valence-electron chi connectivity index (χ3n) is 4.89. The molecule has 1 aliphatic heterocycles. The van der Waals surface area contributed by atoms with E-state index in [1.165, 1.54) is 12.1 Å². The maximum atomic E-state index is 12.6. The SMILES string of the molecule is COc1ccccc1C(CNC(=O)Nc1ccccc1OC(F)F)N1CCCC1. The van der Waals surface area contributed by atoms with Gasteiger partial charge in [-0.2, -0.15) is 8.78 Å². The second-order valence-corrected chi connectivity index (χ2v) is 6.71. The van der Waals surface area contributed by atoms with Gasteiger partial charge in [0.25, 0.3) is 0 Å². The molecule has 1 atom stereocenters. The second-order valence-electron chi connectivity index (χ2n) is 6.71. The Kier molecular flexibility index (Phi) is 7.24. The lowest BCUT2D eigenvalue weighted by molar-refractivity contribution is -0.0493. The molecule has 156 valence electrons. The number of amides is 2. The van der Waals surface area contributed by atoms with Crippen molar-refractivity contribution in [2.45, 2.75) is 25.5 Å². The number of nitrogens with zero attached hydrogens (tertiary/aromatic N) is 1. The highest BCUT2D eigenvalue weighted by atomic mass is 19.3. The first-order valence-electron chi connectivity index (χ1n) is 9.54. The number of anilines is 1. The number of rotatable bonds is 8. The minimum Gasteiger partial charge on any atom is -0.496 e. The second kappa shape index (κ2) is 10.1. The van der Waals surface area contributed by atoms with E-state index >= 15 is 0 Å². The van der Waals surface area contributed by atoms with Gasteiger partial charge in [-0.15, -0.1) is 0 Å². The number of hydrogen-bond donors (Lipinski definition) is 2. The summed E-state index contributed by atoms with van der Waals surface area (Å²) < 4.78 is 35.1. The molecular weight excluding hydrogens is 380 g/mol. The fourth-order valence-corrected chi connectivity index (χ4v) is 3.56. The summed E-state index contributed by atoms with van der Waals surface area (Å²) in [5, 5.41) is 5.43. The van der Waals surface area contributed by atoms with Gasteiger partial charge in [0.1, 0.15) is 11.5 Å². The van der Waals surface area contributed by atoms with E-state index in [4.69, 9.17) is 4.74 Å². The highest BCUT2D eigenvalue weighted by Crippen LogP contribution is 2.31. The molecule has 0 bridgehead atoms. The highest BCUT2D eigenvalue weighted by molar-refractivity contribution is 5.90. The van der Waals surface area contributed by atoms with Crippen LogP contribution in [-0.2, 0) is 0 Å². The van der Waals surface area contributed by atoms with Crippen LogP contribution < -0.4 is 20.1 Å². The molecular formula is C21H25F2N3O3. The number of nitrogens with one attached hydrogen (secondary N) is 2. The largest absolute Gasteiger partial charge is 0.496 e. The van der Waals surface area contributed by atoms with Crippen LogP contribution in [0.15, 0.2) is 48.5 Å². The molecule has 3 rings (SSSR count). The summed E-state index contributed by atoms with van der Waals surface area (Å²) >= 11 is 0. The molecule has 2 aromatic rings.